The molecule has 7 nitrogen and oxygen atoms in total. The molecule has 0 aliphatic carbocycles. The SMILES string of the molecule is CCNC(=NCCCOc1ccc(OC)cc1)NCCCn1cccn1. The van der Waals surface area contributed by atoms with E-state index in [1.165, 1.54) is 0 Å². The maximum atomic E-state index is 5.71. The van der Waals surface area contributed by atoms with Crippen LogP contribution in [0.25, 0.3) is 0 Å². The molecule has 2 rings (SSSR count). The molecule has 0 radical (unpaired) electrons. The van der Waals surface area contributed by atoms with E-state index >= 15 is 0 Å². The third-order valence-corrected chi connectivity index (χ3v) is 3.66. The van der Waals surface area contributed by atoms with Crippen molar-refractivity contribution in [3.63, 3.8) is 0 Å². The van der Waals surface area contributed by atoms with Gasteiger partial charge in [0, 0.05) is 45.0 Å². The van der Waals surface area contributed by atoms with Crippen molar-refractivity contribution in [2.45, 2.75) is 26.3 Å². The fourth-order valence-electron chi connectivity index (χ4n) is 2.34. The van der Waals surface area contributed by atoms with Gasteiger partial charge in [0.2, 0.25) is 0 Å². The van der Waals surface area contributed by atoms with Gasteiger partial charge in [-0.1, -0.05) is 0 Å². The summed E-state index contributed by atoms with van der Waals surface area (Å²) in [5.41, 5.74) is 0. The fourth-order valence-corrected chi connectivity index (χ4v) is 2.34. The molecule has 26 heavy (non-hydrogen) atoms. The fraction of sp³-hybridized carbons (Fsp3) is 0.474. The maximum Gasteiger partial charge on any atom is 0.191 e. The van der Waals surface area contributed by atoms with Gasteiger partial charge in [0.25, 0.3) is 0 Å². The lowest BCUT2D eigenvalue weighted by atomic mass is 10.3. The summed E-state index contributed by atoms with van der Waals surface area (Å²) in [6, 6.07) is 9.54. The summed E-state index contributed by atoms with van der Waals surface area (Å²) in [7, 11) is 1.65. The summed E-state index contributed by atoms with van der Waals surface area (Å²) in [4.78, 5) is 4.58. The Hall–Kier alpha value is -2.70. The first-order chi connectivity index (χ1) is 12.8. The molecule has 7 heteroatoms. The molecule has 1 heterocycles. The van der Waals surface area contributed by atoms with Crippen molar-refractivity contribution in [1.82, 2.24) is 20.4 Å². The van der Waals surface area contributed by atoms with Gasteiger partial charge in [-0.2, -0.15) is 5.10 Å². The van der Waals surface area contributed by atoms with Crippen molar-refractivity contribution in [1.29, 1.82) is 0 Å². The first kappa shape index (κ1) is 19.6. The number of nitrogens with zero attached hydrogens (tertiary/aromatic N) is 3. The van der Waals surface area contributed by atoms with Crippen LogP contribution in [0.3, 0.4) is 0 Å². The molecule has 0 bridgehead atoms. The van der Waals surface area contributed by atoms with E-state index in [0.29, 0.717) is 13.2 Å². The molecule has 0 saturated carbocycles. The Morgan fingerprint density at radius 2 is 1.96 bits per heavy atom. The first-order valence-electron chi connectivity index (χ1n) is 9.08. The lowest BCUT2D eigenvalue weighted by Gasteiger charge is -2.11. The van der Waals surface area contributed by atoms with Crippen LogP contribution in [0, 0.1) is 0 Å². The Bertz CT molecular complexity index is 626. The second kappa shape index (κ2) is 11.8. The van der Waals surface area contributed by atoms with Gasteiger partial charge in [0.1, 0.15) is 11.5 Å². The van der Waals surface area contributed by atoms with Crippen molar-refractivity contribution < 1.29 is 9.47 Å². The molecular weight excluding hydrogens is 330 g/mol. The molecule has 0 fully saturated rings. The summed E-state index contributed by atoms with van der Waals surface area (Å²) in [5, 5.41) is 10.8. The summed E-state index contributed by atoms with van der Waals surface area (Å²) >= 11 is 0. The lowest BCUT2D eigenvalue weighted by molar-refractivity contribution is 0.312. The quantitative estimate of drug-likeness (QED) is 0.366. The molecular formula is C19H29N5O2. The van der Waals surface area contributed by atoms with Gasteiger partial charge in [-0.25, -0.2) is 0 Å². The van der Waals surface area contributed by atoms with Gasteiger partial charge in [-0.15, -0.1) is 0 Å². The second-order valence-electron chi connectivity index (χ2n) is 5.69. The van der Waals surface area contributed by atoms with Crippen molar-refractivity contribution in [3.05, 3.63) is 42.7 Å². The third kappa shape index (κ3) is 7.46. The molecule has 1 aromatic heterocycles. The van der Waals surface area contributed by atoms with E-state index in [1.54, 1.807) is 13.3 Å². The molecule has 0 saturated heterocycles. The number of methoxy groups -OCH3 is 1. The summed E-state index contributed by atoms with van der Waals surface area (Å²) in [6.07, 6.45) is 5.62. The van der Waals surface area contributed by atoms with E-state index in [2.05, 4.69) is 27.6 Å². The van der Waals surface area contributed by atoms with Crippen LogP contribution in [-0.4, -0.2) is 49.1 Å². The number of ether oxygens (including phenoxy) is 2. The van der Waals surface area contributed by atoms with Crippen LogP contribution in [0.4, 0.5) is 0 Å². The van der Waals surface area contributed by atoms with Crippen molar-refractivity contribution in [3.8, 4) is 11.5 Å². The highest BCUT2D eigenvalue weighted by Crippen LogP contribution is 2.16. The van der Waals surface area contributed by atoms with Crippen LogP contribution in [0.2, 0.25) is 0 Å². The molecule has 0 aliphatic heterocycles. The van der Waals surface area contributed by atoms with E-state index < -0.39 is 0 Å². The van der Waals surface area contributed by atoms with Gasteiger partial charge in [0.15, 0.2) is 5.96 Å². The lowest BCUT2D eigenvalue weighted by Crippen LogP contribution is -2.38. The topological polar surface area (TPSA) is 72.7 Å². The largest absolute Gasteiger partial charge is 0.497 e. The standard InChI is InChI=1S/C19H29N5O2/c1-3-20-19(21-11-4-14-24-15-5-13-23-24)22-12-6-16-26-18-9-7-17(25-2)8-10-18/h5,7-10,13,15H,3-4,6,11-12,14,16H2,1-2H3,(H2,20,21,22). The van der Waals surface area contributed by atoms with Crippen molar-refractivity contribution >= 4 is 5.96 Å². The molecule has 2 aromatic rings. The zero-order valence-corrected chi connectivity index (χ0v) is 15.6. The van der Waals surface area contributed by atoms with Crippen LogP contribution in [0.5, 0.6) is 11.5 Å². The first-order valence-corrected chi connectivity index (χ1v) is 9.08. The Balaban J connectivity index is 1.62. The van der Waals surface area contributed by atoms with Crippen molar-refractivity contribution in [2.24, 2.45) is 4.99 Å². The molecule has 1 aromatic carbocycles. The molecule has 0 unspecified atom stereocenters. The Morgan fingerprint density at radius 3 is 2.65 bits per heavy atom. The average Bonchev–Trinajstić information content (AvgIpc) is 3.19. The number of benzene rings is 1. The third-order valence-electron chi connectivity index (χ3n) is 3.66. The van der Waals surface area contributed by atoms with Gasteiger partial charge in [-0.3, -0.25) is 9.67 Å². The highest BCUT2D eigenvalue weighted by Gasteiger charge is 1.98. The number of hydrogen-bond donors (Lipinski definition) is 2. The number of hydrogen-bond acceptors (Lipinski definition) is 4. The smallest absolute Gasteiger partial charge is 0.191 e. The van der Waals surface area contributed by atoms with Crippen molar-refractivity contribution in [2.75, 3.05) is 33.4 Å². The number of aromatic nitrogens is 2. The number of aliphatic imine (C=N–C) groups is 1. The number of rotatable bonds is 11. The molecule has 2 N–H and O–H groups in total. The van der Waals surface area contributed by atoms with E-state index in [4.69, 9.17) is 9.47 Å². The molecule has 0 amide bonds. The minimum atomic E-state index is 0.633. The molecule has 0 atom stereocenters. The van der Waals surface area contributed by atoms with Gasteiger partial charge >= 0.3 is 0 Å². The van der Waals surface area contributed by atoms with E-state index in [9.17, 15) is 0 Å². The molecule has 0 spiro atoms. The predicted octanol–water partition coefficient (Wildman–Crippen LogP) is 2.31. The van der Waals surface area contributed by atoms with Crippen LogP contribution in [-0.2, 0) is 6.54 Å². The highest BCUT2D eigenvalue weighted by molar-refractivity contribution is 5.79. The van der Waals surface area contributed by atoms with Gasteiger partial charge < -0.3 is 20.1 Å². The number of aryl methyl sites for hydroxylation is 1. The van der Waals surface area contributed by atoms with Crippen LogP contribution >= 0.6 is 0 Å². The minimum absolute atomic E-state index is 0.633. The van der Waals surface area contributed by atoms with Gasteiger partial charge in [-0.05, 0) is 43.7 Å². The van der Waals surface area contributed by atoms with Crippen LogP contribution < -0.4 is 20.1 Å². The average molecular weight is 359 g/mol. The van der Waals surface area contributed by atoms with Gasteiger partial charge in [0.05, 0.1) is 13.7 Å². The number of nitrogens with one attached hydrogen (secondary N) is 2. The van der Waals surface area contributed by atoms with Crippen LogP contribution in [0.1, 0.15) is 19.8 Å². The molecule has 142 valence electrons. The number of guanidine groups is 1. The minimum Gasteiger partial charge on any atom is -0.497 e. The predicted molar refractivity (Wildman–Crippen MR) is 104 cm³/mol. The summed E-state index contributed by atoms with van der Waals surface area (Å²) in [5.74, 6) is 2.52. The Labute approximate surface area is 155 Å². The normalized spacial score (nSPS) is 11.2. The monoisotopic (exact) mass is 359 g/mol. The second-order valence-corrected chi connectivity index (χ2v) is 5.69. The van der Waals surface area contributed by atoms with Crippen LogP contribution in [0.15, 0.2) is 47.7 Å². The highest BCUT2D eigenvalue weighted by atomic mass is 16.5. The zero-order valence-electron chi connectivity index (χ0n) is 15.6. The maximum absolute atomic E-state index is 5.71. The Kier molecular flexibility index (Phi) is 8.89. The van der Waals surface area contributed by atoms with E-state index in [1.807, 2.05) is 41.2 Å². The van der Waals surface area contributed by atoms with E-state index in [-0.39, 0.29) is 0 Å². The molecule has 0 aliphatic rings. The summed E-state index contributed by atoms with van der Waals surface area (Å²) in [6.45, 7) is 6.00. The Morgan fingerprint density at radius 1 is 1.15 bits per heavy atom. The van der Waals surface area contributed by atoms with E-state index in [0.717, 1.165) is 49.9 Å². The zero-order chi connectivity index (χ0) is 18.5. The summed E-state index contributed by atoms with van der Waals surface area (Å²) < 4.78 is 12.8.